The number of halogens is 3. The van der Waals surface area contributed by atoms with Gasteiger partial charge in [-0.1, -0.05) is 13.8 Å². The Labute approximate surface area is 193 Å². The summed E-state index contributed by atoms with van der Waals surface area (Å²) in [5.74, 6) is -0.499. The molecule has 2 rings (SSSR count). The number of carbonyl (C=O) groups excluding carboxylic acids is 1. The second kappa shape index (κ2) is 8.57. The molecule has 0 saturated heterocycles. The first-order chi connectivity index (χ1) is 11.9. The van der Waals surface area contributed by atoms with Gasteiger partial charge < -0.3 is 9.29 Å². The molecule has 140 valence electrons. The van der Waals surface area contributed by atoms with Crippen LogP contribution in [0.5, 0.6) is 5.75 Å². The first-order valence-corrected chi connectivity index (χ1v) is 12.0. The van der Waals surface area contributed by atoms with Crippen LogP contribution in [-0.2, 0) is 10.1 Å². The third-order valence-electron chi connectivity index (χ3n) is 3.66. The number of aryl methyl sites for hydroxylation is 1. The Balaban J connectivity index is 2.49. The van der Waals surface area contributed by atoms with Gasteiger partial charge in [-0.25, -0.2) is 13.2 Å². The van der Waals surface area contributed by atoms with Crippen LogP contribution >= 0.6 is 67.8 Å². The van der Waals surface area contributed by atoms with Gasteiger partial charge in [0.05, 0.1) is 10.5 Å². The molecule has 0 spiro atoms. The van der Waals surface area contributed by atoms with Crippen LogP contribution in [0.3, 0.4) is 0 Å². The maximum absolute atomic E-state index is 12.6. The molecule has 0 aliphatic carbocycles. The van der Waals surface area contributed by atoms with Crippen molar-refractivity contribution in [2.45, 2.75) is 31.6 Å². The van der Waals surface area contributed by atoms with E-state index in [9.17, 15) is 17.8 Å². The van der Waals surface area contributed by atoms with Crippen LogP contribution < -0.4 is 4.74 Å². The van der Waals surface area contributed by atoms with Gasteiger partial charge in [0, 0.05) is 10.7 Å². The highest BCUT2D eigenvalue weighted by Gasteiger charge is 2.20. The zero-order valence-electron chi connectivity index (χ0n) is 14.0. The Hall–Kier alpha value is 0.0100. The van der Waals surface area contributed by atoms with E-state index < -0.39 is 16.1 Å². The van der Waals surface area contributed by atoms with Crippen molar-refractivity contribution in [2.24, 2.45) is 0 Å². The average Bonchev–Trinajstić information content (AvgIpc) is 2.53. The number of rotatable bonds is 4. The SMILES string of the molecule is Cc1cc(S(=O)(=O)[O-])c(C(C)C)cc1OC(=O)c1ccc(I)c(I)c1I. The van der Waals surface area contributed by atoms with Gasteiger partial charge >= 0.3 is 5.97 Å². The summed E-state index contributed by atoms with van der Waals surface area (Å²) >= 11 is 6.46. The molecular weight excluding hydrogens is 697 g/mol. The minimum Gasteiger partial charge on any atom is -0.744 e. The van der Waals surface area contributed by atoms with Crippen LogP contribution in [0.25, 0.3) is 0 Å². The summed E-state index contributed by atoms with van der Waals surface area (Å²) in [7, 11) is -4.61. The molecule has 0 saturated carbocycles. The number of hydrogen-bond acceptors (Lipinski definition) is 5. The zero-order chi connectivity index (χ0) is 19.8. The van der Waals surface area contributed by atoms with E-state index in [1.807, 2.05) is 6.07 Å². The largest absolute Gasteiger partial charge is 0.744 e. The van der Waals surface area contributed by atoms with Gasteiger partial charge in [0.1, 0.15) is 15.9 Å². The van der Waals surface area contributed by atoms with Crippen molar-refractivity contribution in [2.75, 3.05) is 0 Å². The molecule has 0 N–H and O–H groups in total. The van der Waals surface area contributed by atoms with Gasteiger partial charge in [0.25, 0.3) is 0 Å². The van der Waals surface area contributed by atoms with Crippen LogP contribution in [0.15, 0.2) is 29.2 Å². The van der Waals surface area contributed by atoms with E-state index in [2.05, 4.69) is 67.8 Å². The Morgan fingerprint density at radius 3 is 2.27 bits per heavy atom. The molecule has 2 aromatic rings. The highest BCUT2D eigenvalue weighted by Crippen LogP contribution is 2.32. The van der Waals surface area contributed by atoms with E-state index in [0.717, 1.165) is 10.7 Å². The smallest absolute Gasteiger partial charge is 0.344 e. The topological polar surface area (TPSA) is 83.5 Å². The molecule has 0 aliphatic heterocycles. The third kappa shape index (κ3) is 4.89. The first-order valence-electron chi connectivity index (χ1n) is 7.39. The Kier molecular flexibility index (Phi) is 7.35. The number of esters is 1. The summed E-state index contributed by atoms with van der Waals surface area (Å²) in [5.41, 5.74) is 1.18. The van der Waals surface area contributed by atoms with Crippen molar-refractivity contribution in [3.8, 4) is 5.75 Å². The first kappa shape index (κ1) is 22.3. The van der Waals surface area contributed by atoms with E-state index >= 15 is 0 Å². The fourth-order valence-corrected chi connectivity index (χ4v) is 5.32. The summed E-state index contributed by atoms with van der Waals surface area (Å²) < 4.78 is 42.9. The van der Waals surface area contributed by atoms with Gasteiger partial charge in [-0.2, -0.15) is 0 Å². The predicted octanol–water partition coefficient (Wildman–Crippen LogP) is 5.06. The van der Waals surface area contributed by atoms with E-state index in [-0.39, 0.29) is 16.6 Å². The van der Waals surface area contributed by atoms with Crippen molar-refractivity contribution < 1.29 is 22.5 Å². The monoisotopic (exact) mass is 711 g/mol. The van der Waals surface area contributed by atoms with Crippen LogP contribution in [0, 0.1) is 17.6 Å². The number of ether oxygens (including phenoxy) is 1. The molecule has 2 aromatic carbocycles. The van der Waals surface area contributed by atoms with E-state index in [1.165, 1.54) is 12.1 Å². The van der Waals surface area contributed by atoms with Crippen LogP contribution in [0.4, 0.5) is 0 Å². The Morgan fingerprint density at radius 2 is 1.73 bits per heavy atom. The molecule has 0 fully saturated rings. The highest BCUT2D eigenvalue weighted by atomic mass is 127. The summed E-state index contributed by atoms with van der Waals surface area (Å²) in [5, 5.41) is 0. The molecule has 0 atom stereocenters. The molecule has 0 heterocycles. The van der Waals surface area contributed by atoms with E-state index in [4.69, 9.17) is 4.74 Å². The zero-order valence-corrected chi connectivity index (χ0v) is 21.3. The molecule has 0 unspecified atom stereocenters. The molecule has 0 aromatic heterocycles. The highest BCUT2D eigenvalue weighted by molar-refractivity contribution is 14.1. The lowest BCUT2D eigenvalue weighted by Gasteiger charge is -2.19. The maximum Gasteiger partial charge on any atom is 0.344 e. The lowest BCUT2D eigenvalue weighted by molar-refractivity contribution is 0.0732. The van der Waals surface area contributed by atoms with Crippen molar-refractivity contribution >= 4 is 83.9 Å². The van der Waals surface area contributed by atoms with Gasteiger partial charge in [0.15, 0.2) is 0 Å². The van der Waals surface area contributed by atoms with Gasteiger partial charge in [-0.05, 0) is 116 Å². The summed E-state index contributed by atoms with van der Waals surface area (Å²) in [4.78, 5) is 12.3. The Morgan fingerprint density at radius 1 is 1.12 bits per heavy atom. The molecular formula is C17H14I3O5S-. The minimum absolute atomic E-state index is 0.217. The fourth-order valence-electron chi connectivity index (χ4n) is 2.29. The number of carbonyl (C=O) groups is 1. The van der Waals surface area contributed by atoms with Crippen LogP contribution in [0.1, 0.15) is 41.3 Å². The fraction of sp³-hybridized carbons (Fsp3) is 0.235. The minimum atomic E-state index is -4.61. The summed E-state index contributed by atoms with van der Waals surface area (Å²) in [6.45, 7) is 5.15. The van der Waals surface area contributed by atoms with Gasteiger partial charge in [0.2, 0.25) is 0 Å². The van der Waals surface area contributed by atoms with Crippen LogP contribution in [0.2, 0.25) is 0 Å². The summed E-state index contributed by atoms with van der Waals surface area (Å²) in [6, 6.07) is 6.26. The molecule has 0 radical (unpaired) electrons. The normalized spacial score (nSPS) is 11.7. The van der Waals surface area contributed by atoms with Crippen molar-refractivity contribution in [3.05, 3.63) is 51.7 Å². The molecule has 0 bridgehead atoms. The lowest BCUT2D eigenvalue weighted by Crippen LogP contribution is -2.13. The van der Waals surface area contributed by atoms with Crippen molar-refractivity contribution in [1.29, 1.82) is 0 Å². The maximum atomic E-state index is 12.6. The molecule has 9 heteroatoms. The quantitative estimate of drug-likeness (QED) is 0.146. The predicted molar refractivity (Wildman–Crippen MR) is 123 cm³/mol. The average molecular weight is 711 g/mol. The molecule has 0 aliphatic rings. The number of benzene rings is 2. The van der Waals surface area contributed by atoms with Crippen LogP contribution in [-0.4, -0.2) is 18.9 Å². The van der Waals surface area contributed by atoms with E-state index in [1.54, 1.807) is 26.8 Å². The Bertz CT molecular complexity index is 984. The molecule has 0 amide bonds. The summed E-state index contributed by atoms with van der Waals surface area (Å²) in [6.07, 6.45) is 0. The van der Waals surface area contributed by atoms with Crippen molar-refractivity contribution in [3.63, 3.8) is 0 Å². The van der Waals surface area contributed by atoms with Gasteiger partial charge in [-0.3, -0.25) is 0 Å². The molecule has 5 nitrogen and oxygen atoms in total. The van der Waals surface area contributed by atoms with Gasteiger partial charge in [-0.15, -0.1) is 0 Å². The van der Waals surface area contributed by atoms with Crippen molar-refractivity contribution in [1.82, 2.24) is 0 Å². The third-order valence-corrected chi connectivity index (χ3v) is 9.75. The standard InChI is InChI=1S/C17H15I3O5S/c1-8(2)11-7-13(9(3)6-14(11)26(22,23)24)25-17(21)10-4-5-12(18)16(20)15(10)19/h4-8H,1-3H3,(H,22,23,24)/p-1. The van der Waals surface area contributed by atoms with E-state index in [0.29, 0.717) is 16.7 Å². The second-order valence-corrected chi connectivity index (χ2v) is 10.5. The number of hydrogen-bond donors (Lipinski definition) is 0. The second-order valence-electron chi connectivity index (χ2n) is 5.88. The molecule has 26 heavy (non-hydrogen) atoms. The lowest BCUT2D eigenvalue weighted by atomic mass is 10.0.